The number of aromatic amines is 2. The van der Waals surface area contributed by atoms with Crippen LogP contribution in [0.2, 0.25) is 18.1 Å². The molecule has 0 bridgehead atoms. The molecule has 67 heavy (non-hydrogen) atoms. The number of para-hydroxylation sites is 2. The van der Waals surface area contributed by atoms with Gasteiger partial charge in [-0.2, -0.15) is 26.3 Å². The molecular formula is C46H56N10O8S2Si. The molecule has 7 N–H and O–H groups in total. The Morgan fingerprint density at radius 3 is 1.63 bits per heavy atom. The van der Waals surface area contributed by atoms with Crippen molar-refractivity contribution in [2.75, 3.05) is 13.1 Å². The minimum atomic E-state index is -4.29. The summed E-state index contributed by atoms with van der Waals surface area (Å²) >= 11 is 0. The maximum absolute atomic E-state index is 11.4. The van der Waals surface area contributed by atoms with E-state index in [1.807, 2.05) is 71.6 Å². The molecule has 2 saturated carbocycles. The van der Waals surface area contributed by atoms with Crippen LogP contribution in [-0.2, 0) is 25.0 Å². The van der Waals surface area contributed by atoms with Crippen LogP contribution in [0.15, 0.2) is 97.8 Å². The lowest BCUT2D eigenvalue weighted by Crippen LogP contribution is -2.46. The number of benzene rings is 2. The van der Waals surface area contributed by atoms with Crippen LogP contribution in [-0.4, -0.2) is 104 Å². The van der Waals surface area contributed by atoms with Gasteiger partial charge in [0.2, 0.25) is 0 Å². The van der Waals surface area contributed by atoms with Gasteiger partial charge in [-0.3, -0.25) is 9.11 Å². The normalized spacial score (nSPS) is 21.7. The minimum absolute atomic E-state index is 0.00893. The van der Waals surface area contributed by atoms with E-state index in [2.05, 4.69) is 96.0 Å². The molecule has 21 heteroatoms. The SMILES string of the molecule is CC(C)(C)[Si](C)(C)O[C@H]1C[C@H](n2ccc3c(-c4cc5ccccc5[nH]4)ncnc32)C[C@H]1CNS(=O)(=O)O.O=S(=O)(O)NC[C@@H]1C[C@@H](n2ccc3c(-c4cc5ccccc5[nH]4)ncnc32)C[C@@H]1O. The first kappa shape index (κ1) is 46.7. The van der Waals surface area contributed by atoms with Gasteiger partial charge >= 0.3 is 20.6 Å². The Hall–Kier alpha value is -5.36. The average molecular weight is 969 g/mol. The predicted octanol–water partition coefficient (Wildman–Crippen LogP) is 7.60. The van der Waals surface area contributed by atoms with E-state index < -0.39 is 35.0 Å². The number of fused-ring (bicyclic) bond motifs is 4. The summed E-state index contributed by atoms with van der Waals surface area (Å²) in [4.78, 5) is 25.0. The Kier molecular flexibility index (Phi) is 12.5. The van der Waals surface area contributed by atoms with Crippen molar-refractivity contribution in [1.82, 2.24) is 48.5 Å². The van der Waals surface area contributed by atoms with Crippen LogP contribution in [0, 0.1) is 11.8 Å². The Morgan fingerprint density at radius 1 is 0.687 bits per heavy atom. The lowest BCUT2D eigenvalue weighted by Gasteiger charge is -2.39. The van der Waals surface area contributed by atoms with Crippen molar-refractivity contribution in [2.45, 2.75) is 88.9 Å². The van der Waals surface area contributed by atoms with Crippen LogP contribution in [0.1, 0.15) is 58.5 Å². The molecule has 354 valence electrons. The average Bonchev–Trinajstić information content (AvgIpc) is 4.13. The summed E-state index contributed by atoms with van der Waals surface area (Å²) in [5.41, 5.74) is 7.18. The zero-order chi connectivity index (χ0) is 47.5. The van der Waals surface area contributed by atoms with Gasteiger partial charge in [-0.25, -0.2) is 19.9 Å². The Balaban J connectivity index is 0.000000171. The van der Waals surface area contributed by atoms with Crippen molar-refractivity contribution >= 4 is 72.8 Å². The molecule has 6 heterocycles. The molecule has 0 aliphatic heterocycles. The molecular weight excluding hydrogens is 913 g/mol. The van der Waals surface area contributed by atoms with E-state index in [0.29, 0.717) is 19.3 Å². The third-order valence-corrected chi connectivity index (χ3v) is 19.5. The van der Waals surface area contributed by atoms with Crippen molar-refractivity contribution in [3.63, 3.8) is 0 Å². The molecule has 6 aromatic heterocycles. The molecule has 0 unspecified atom stereocenters. The summed E-state index contributed by atoms with van der Waals surface area (Å²) in [7, 11) is -10.7. The van der Waals surface area contributed by atoms with Crippen LogP contribution in [0.25, 0.3) is 66.6 Å². The van der Waals surface area contributed by atoms with E-state index in [1.165, 1.54) is 6.33 Å². The molecule has 0 amide bonds. The van der Waals surface area contributed by atoms with Gasteiger partial charge in [-0.15, -0.1) is 0 Å². The number of hydrogen-bond acceptors (Lipinski definition) is 10. The number of aromatic nitrogens is 8. The highest BCUT2D eigenvalue weighted by Crippen LogP contribution is 2.45. The second kappa shape index (κ2) is 17.9. The second-order valence-electron chi connectivity index (χ2n) is 19.3. The van der Waals surface area contributed by atoms with Gasteiger partial charge in [0, 0.05) is 76.1 Å². The number of aliphatic hydroxyl groups is 1. The number of rotatable bonds is 12. The van der Waals surface area contributed by atoms with Crippen molar-refractivity contribution in [3.05, 3.63) is 97.8 Å². The number of nitrogens with one attached hydrogen (secondary N) is 4. The zero-order valence-electron chi connectivity index (χ0n) is 37.8. The van der Waals surface area contributed by atoms with Gasteiger partial charge in [0.1, 0.15) is 23.9 Å². The third-order valence-electron chi connectivity index (χ3n) is 13.9. The van der Waals surface area contributed by atoms with Crippen molar-refractivity contribution in [1.29, 1.82) is 0 Å². The quantitative estimate of drug-likeness (QED) is 0.0462. The van der Waals surface area contributed by atoms with Crippen molar-refractivity contribution in [3.8, 4) is 22.8 Å². The fourth-order valence-corrected chi connectivity index (χ4v) is 11.8. The van der Waals surface area contributed by atoms with Crippen LogP contribution < -0.4 is 9.44 Å². The highest BCUT2D eigenvalue weighted by molar-refractivity contribution is 7.84. The van der Waals surface area contributed by atoms with Gasteiger partial charge in [0.05, 0.1) is 35.0 Å². The first-order valence-corrected chi connectivity index (χ1v) is 28.1. The first-order chi connectivity index (χ1) is 31.7. The number of nitrogens with zero attached hydrogens (tertiary/aromatic N) is 6. The summed E-state index contributed by atoms with van der Waals surface area (Å²) in [6, 6.07) is 24.4. The molecule has 2 aromatic carbocycles. The summed E-state index contributed by atoms with van der Waals surface area (Å²) in [6.45, 7) is 11.1. The van der Waals surface area contributed by atoms with E-state index >= 15 is 0 Å². The molecule has 0 spiro atoms. The molecule has 0 radical (unpaired) electrons. The first-order valence-electron chi connectivity index (χ1n) is 22.3. The van der Waals surface area contributed by atoms with E-state index in [9.17, 15) is 26.5 Å². The number of H-pyrrole nitrogens is 2. The van der Waals surface area contributed by atoms with Gasteiger partial charge < -0.3 is 28.6 Å². The van der Waals surface area contributed by atoms with Crippen LogP contribution in [0.5, 0.6) is 0 Å². The van der Waals surface area contributed by atoms with E-state index in [0.717, 1.165) is 73.1 Å². The second-order valence-corrected chi connectivity index (χ2v) is 26.5. The van der Waals surface area contributed by atoms with Gasteiger partial charge in [-0.1, -0.05) is 57.2 Å². The lowest BCUT2D eigenvalue weighted by molar-refractivity contribution is 0.133. The highest BCUT2D eigenvalue weighted by Gasteiger charge is 2.45. The van der Waals surface area contributed by atoms with E-state index in [-0.39, 0.29) is 48.2 Å². The van der Waals surface area contributed by atoms with Gasteiger partial charge in [-0.05, 0) is 86.1 Å². The van der Waals surface area contributed by atoms with Crippen LogP contribution in [0.4, 0.5) is 0 Å². The maximum atomic E-state index is 11.4. The molecule has 18 nitrogen and oxygen atoms in total. The minimum Gasteiger partial charge on any atom is -0.414 e. The van der Waals surface area contributed by atoms with Gasteiger partial charge in [0.25, 0.3) is 0 Å². The molecule has 2 aliphatic carbocycles. The maximum Gasteiger partial charge on any atom is 0.333 e. The number of aliphatic hydroxyl groups excluding tert-OH is 1. The van der Waals surface area contributed by atoms with Gasteiger partial charge in [0.15, 0.2) is 8.32 Å². The van der Waals surface area contributed by atoms with E-state index in [1.54, 1.807) is 6.33 Å². The standard InChI is InChI=1S/C26H35N5O4SSi.C20H21N5O4S/c1-26(2,3)37(4,5)35-23-14-19(12-18(23)15-29-36(32,33)34)31-11-10-20-24(27-16-28-25(20)31)22-13-17-8-6-7-9-21(17)30-22;26-18-9-14(7-13(18)10-23-30(27,28)29)25-6-5-15-19(21-11-22-20(15)25)17-8-12-3-1-2-4-16(12)24-17/h6-11,13,16,18-19,23,29-30H,12,14-15H2,1-5H3,(H,32,33,34);1-6,8,11,13-14,18,23-24,26H,7,9-10H2,(H,27,28,29)/t18-,19+,23-;13-,14+,18-/m00/s1. The molecule has 0 saturated heterocycles. The largest absolute Gasteiger partial charge is 0.414 e. The predicted molar refractivity (Wildman–Crippen MR) is 260 cm³/mol. The smallest absolute Gasteiger partial charge is 0.333 e. The molecule has 10 rings (SSSR count). The van der Waals surface area contributed by atoms with Crippen molar-refractivity contribution in [2.24, 2.45) is 11.8 Å². The van der Waals surface area contributed by atoms with E-state index in [4.69, 9.17) is 8.98 Å². The lowest BCUT2D eigenvalue weighted by atomic mass is 10.1. The van der Waals surface area contributed by atoms with Crippen LogP contribution >= 0.6 is 0 Å². The topological polar surface area (TPSA) is 255 Å². The molecule has 2 aliphatic rings. The zero-order valence-corrected chi connectivity index (χ0v) is 40.5. The Bertz CT molecular complexity index is 3240. The fourth-order valence-electron chi connectivity index (χ4n) is 9.51. The van der Waals surface area contributed by atoms with Crippen molar-refractivity contribution < 1.29 is 35.5 Å². The fraction of sp³-hybridized carbons (Fsp3) is 0.391. The molecule has 6 atom stereocenters. The van der Waals surface area contributed by atoms with Crippen LogP contribution in [0.3, 0.4) is 0 Å². The molecule has 8 aromatic rings. The Labute approximate surface area is 389 Å². The third kappa shape index (κ3) is 9.97. The Morgan fingerprint density at radius 2 is 1.15 bits per heavy atom. The summed E-state index contributed by atoms with van der Waals surface area (Å²) in [5, 5.41) is 14.5. The summed E-state index contributed by atoms with van der Waals surface area (Å²) in [6.07, 6.45) is 8.78. The summed E-state index contributed by atoms with van der Waals surface area (Å²) < 4.78 is 78.3. The summed E-state index contributed by atoms with van der Waals surface area (Å²) in [5.74, 6) is -0.363. The number of hydrogen-bond donors (Lipinski definition) is 7. The molecule has 2 fully saturated rings. The monoisotopic (exact) mass is 968 g/mol. The highest BCUT2D eigenvalue weighted by atomic mass is 32.2.